The molecule has 0 saturated heterocycles. The van der Waals surface area contributed by atoms with Gasteiger partial charge < -0.3 is 9.64 Å². The molecule has 1 unspecified atom stereocenters. The van der Waals surface area contributed by atoms with Crippen LogP contribution in [0.15, 0.2) is 42.5 Å². The lowest BCUT2D eigenvalue weighted by Gasteiger charge is -2.25. The van der Waals surface area contributed by atoms with E-state index in [4.69, 9.17) is 4.74 Å². The Hall–Kier alpha value is -2.43. The van der Waals surface area contributed by atoms with Crippen LogP contribution in [0.4, 0.5) is 8.78 Å². The maximum Gasteiger partial charge on any atom is 0.254 e. The van der Waals surface area contributed by atoms with Crippen molar-refractivity contribution < 1.29 is 18.3 Å². The van der Waals surface area contributed by atoms with Crippen molar-refractivity contribution >= 4 is 5.91 Å². The summed E-state index contributed by atoms with van der Waals surface area (Å²) in [5.41, 5.74) is 1.03. The number of ether oxygens (including phenoxy) is 1. The molecule has 1 atom stereocenters. The highest BCUT2D eigenvalue weighted by Crippen LogP contribution is 2.23. The molecule has 0 bridgehead atoms. The average molecular weight is 305 g/mol. The van der Waals surface area contributed by atoms with Crippen molar-refractivity contribution in [1.82, 2.24) is 4.90 Å². The van der Waals surface area contributed by atoms with Crippen LogP contribution in [0.1, 0.15) is 28.9 Å². The van der Waals surface area contributed by atoms with Crippen LogP contribution in [-0.4, -0.2) is 25.0 Å². The number of halogens is 2. The summed E-state index contributed by atoms with van der Waals surface area (Å²) < 4.78 is 31.3. The Balaban J connectivity index is 2.19. The molecule has 2 aromatic carbocycles. The van der Waals surface area contributed by atoms with E-state index in [9.17, 15) is 13.6 Å². The number of benzene rings is 2. The van der Waals surface area contributed by atoms with Gasteiger partial charge in [-0.15, -0.1) is 0 Å². The number of methoxy groups -OCH3 is 1. The number of nitrogens with zero attached hydrogens (tertiary/aromatic N) is 1. The van der Waals surface area contributed by atoms with Crippen molar-refractivity contribution in [1.29, 1.82) is 0 Å². The van der Waals surface area contributed by atoms with E-state index in [1.54, 1.807) is 14.2 Å². The van der Waals surface area contributed by atoms with E-state index >= 15 is 0 Å². The SMILES string of the molecule is COc1ccc(C(C)N(C)C(=O)c2ccc(F)c(F)c2)cc1. The monoisotopic (exact) mass is 305 g/mol. The number of amides is 1. The van der Waals surface area contributed by atoms with Crippen LogP contribution in [0.5, 0.6) is 5.75 Å². The molecule has 0 aliphatic rings. The maximum absolute atomic E-state index is 13.3. The Morgan fingerprint density at radius 2 is 1.73 bits per heavy atom. The van der Waals surface area contributed by atoms with Crippen molar-refractivity contribution in [3.05, 3.63) is 65.2 Å². The van der Waals surface area contributed by atoms with Gasteiger partial charge in [0.25, 0.3) is 5.91 Å². The zero-order chi connectivity index (χ0) is 16.3. The first kappa shape index (κ1) is 15.9. The van der Waals surface area contributed by atoms with Gasteiger partial charge >= 0.3 is 0 Å². The summed E-state index contributed by atoms with van der Waals surface area (Å²) >= 11 is 0. The second kappa shape index (κ2) is 6.56. The summed E-state index contributed by atoms with van der Waals surface area (Å²) in [4.78, 5) is 13.8. The predicted molar refractivity (Wildman–Crippen MR) is 79.9 cm³/mol. The third-order valence-electron chi connectivity index (χ3n) is 3.67. The van der Waals surface area contributed by atoms with Crippen molar-refractivity contribution in [3.63, 3.8) is 0 Å². The van der Waals surface area contributed by atoms with E-state index in [-0.39, 0.29) is 17.5 Å². The van der Waals surface area contributed by atoms with Gasteiger partial charge in [0.15, 0.2) is 11.6 Å². The summed E-state index contributed by atoms with van der Waals surface area (Å²) in [7, 11) is 3.20. The summed E-state index contributed by atoms with van der Waals surface area (Å²) in [5.74, 6) is -1.65. The molecular weight excluding hydrogens is 288 g/mol. The molecular formula is C17H17F2NO2. The number of hydrogen-bond donors (Lipinski definition) is 0. The van der Waals surface area contributed by atoms with Gasteiger partial charge in [-0.25, -0.2) is 8.78 Å². The molecule has 2 aromatic rings. The molecule has 5 heteroatoms. The molecule has 3 nitrogen and oxygen atoms in total. The molecule has 0 aliphatic heterocycles. The lowest BCUT2D eigenvalue weighted by Crippen LogP contribution is -2.29. The van der Waals surface area contributed by atoms with E-state index in [0.717, 1.165) is 23.4 Å². The van der Waals surface area contributed by atoms with Gasteiger partial charge in [0.1, 0.15) is 5.75 Å². The minimum Gasteiger partial charge on any atom is -0.497 e. The van der Waals surface area contributed by atoms with Gasteiger partial charge in [0.05, 0.1) is 13.2 Å². The quantitative estimate of drug-likeness (QED) is 0.859. The normalized spacial score (nSPS) is 11.9. The maximum atomic E-state index is 13.3. The number of rotatable bonds is 4. The van der Waals surface area contributed by atoms with Gasteiger partial charge in [-0.1, -0.05) is 12.1 Å². The van der Waals surface area contributed by atoms with Gasteiger partial charge in [-0.05, 0) is 42.8 Å². The zero-order valence-corrected chi connectivity index (χ0v) is 12.6. The molecule has 116 valence electrons. The molecule has 0 spiro atoms. The summed E-state index contributed by atoms with van der Waals surface area (Å²) in [6, 6.07) is 10.3. The Morgan fingerprint density at radius 1 is 1.09 bits per heavy atom. The first-order valence-electron chi connectivity index (χ1n) is 6.80. The van der Waals surface area contributed by atoms with Gasteiger partial charge in [-0.3, -0.25) is 4.79 Å². The third-order valence-corrected chi connectivity index (χ3v) is 3.67. The molecule has 22 heavy (non-hydrogen) atoms. The molecule has 1 amide bonds. The lowest BCUT2D eigenvalue weighted by atomic mass is 10.1. The van der Waals surface area contributed by atoms with Crippen LogP contribution >= 0.6 is 0 Å². The fraction of sp³-hybridized carbons (Fsp3) is 0.235. The molecule has 0 aliphatic carbocycles. The molecule has 0 saturated carbocycles. The zero-order valence-electron chi connectivity index (χ0n) is 12.6. The predicted octanol–water partition coefficient (Wildman–Crippen LogP) is 3.81. The highest BCUT2D eigenvalue weighted by atomic mass is 19.2. The van der Waals surface area contributed by atoms with Crippen molar-refractivity contribution in [2.75, 3.05) is 14.2 Å². The highest BCUT2D eigenvalue weighted by Gasteiger charge is 2.20. The second-order valence-electron chi connectivity index (χ2n) is 4.99. The van der Waals surface area contributed by atoms with Crippen LogP contribution in [0, 0.1) is 11.6 Å². The van der Waals surface area contributed by atoms with E-state index in [1.807, 2.05) is 31.2 Å². The molecule has 0 N–H and O–H groups in total. The van der Waals surface area contributed by atoms with Crippen LogP contribution < -0.4 is 4.74 Å². The summed E-state index contributed by atoms with van der Waals surface area (Å²) in [6.07, 6.45) is 0. The first-order chi connectivity index (χ1) is 10.4. The second-order valence-corrected chi connectivity index (χ2v) is 4.99. The van der Waals surface area contributed by atoms with E-state index in [2.05, 4.69) is 0 Å². The molecule has 0 radical (unpaired) electrons. The Kier molecular flexibility index (Phi) is 4.75. The van der Waals surface area contributed by atoms with Gasteiger partial charge in [0.2, 0.25) is 0 Å². The third kappa shape index (κ3) is 3.24. The topological polar surface area (TPSA) is 29.5 Å². The van der Waals surface area contributed by atoms with E-state index in [1.165, 1.54) is 11.0 Å². The van der Waals surface area contributed by atoms with Crippen molar-refractivity contribution in [2.45, 2.75) is 13.0 Å². The van der Waals surface area contributed by atoms with Crippen LogP contribution in [0.25, 0.3) is 0 Å². The van der Waals surface area contributed by atoms with Crippen LogP contribution in [-0.2, 0) is 0 Å². The number of hydrogen-bond acceptors (Lipinski definition) is 2. The van der Waals surface area contributed by atoms with Crippen molar-refractivity contribution in [3.8, 4) is 5.75 Å². The standard InChI is InChI=1S/C17H17F2NO2/c1-11(12-4-7-14(22-3)8-5-12)20(2)17(21)13-6-9-15(18)16(19)10-13/h4-11H,1-3H3. The molecule has 0 aromatic heterocycles. The summed E-state index contributed by atoms with van der Waals surface area (Å²) in [5, 5.41) is 0. The average Bonchev–Trinajstić information content (AvgIpc) is 2.55. The fourth-order valence-electron chi connectivity index (χ4n) is 2.11. The number of carbonyl (C=O) groups is 1. The fourth-order valence-corrected chi connectivity index (χ4v) is 2.11. The van der Waals surface area contributed by atoms with Crippen LogP contribution in [0.3, 0.4) is 0 Å². The Labute approximate surface area is 128 Å². The molecule has 0 heterocycles. The highest BCUT2D eigenvalue weighted by molar-refractivity contribution is 5.94. The van der Waals surface area contributed by atoms with Gasteiger partial charge in [-0.2, -0.15) is 0 Å². The summed E-state index contributed by atoms with van der Waals surface area (Å²) in [6.45, 7) is 1.86. The molecule has 0 fully saturated rings. The van der Waals surface area contributed by atoms with Crippen LogP contribution in [0.2, 0.25) is 0 Å². The number of carbonyl (C=O) groups excluding carboxylic acids is 1. The Bertz CT molecular complexity index is 671. The lowest BCUT2D eigenvalue weighted by molar-refractivity contribution is 0.0742. The first-order valence-corrected chi connectivity index (χ1v) is 6.80. The van der Waals surface area contributed by atoms with E-state index in [0.29, 0.717) is 0 Å². The minimum atomic E-state index is -1.03. The van der Waals surface area contributed by atoms with Crippen molar-refractivity contribution in [2.24, 2.45) is 0 Å². The largest absolute Gasteiger partial charge is 0.497 e. The minimum absolute atomic E-state index is 0.113. The Morgan fingerprint density at radius 3 is 2.27 bits per heavy atom. The molecule has 2 rings (SSSR count). The van der Waals surface area contributed by atoms with Gasteiger partial charge in [0, 0.05) is 12.6 Å². The smallest absolute Gasteiger partial charge is 0.254 e. The van der Waals surface area contributed by atoms with E-state index < -0.39 is 11.6 Å².